The van der Waals surface area contributed by atoms with Crippen LogP contribution in [0.2, 0.25) is 0 Å². The Morgan fingerprint density at radius 2 is 1.76 bits per heavy atom. The number of pyridine rings is 1. The molecule has 1 aliphatic rings. The summed E-state index contributed by atoms with van der Waals surface area (Å²) in [5.74, 6) is 1.000. The van der Waals surface area contributed by atoms with E-state index < -0.39 is 10.0 Å². The molecule has 1 aromatic heterocycles. The Morgan fingerprint density at radius 3 is 2.64 bits per heavy atom. The maximum absolute atomic E-state index is 12.8. The SMILES string of the molecule is O=S(=O)(Nc1cccc2cccnc12)c1ccc2c(c1)OCCCO2. The highest BCUT2D eigenvalue weighted by Crippen LogP contribution is 2.33. The summed E-state index contributed by atoms with van der Waals surface area (Å²) in [6.07, 6.45) is 2.39. The number of hydrogen-bond donors (Lipinski definition) is 1. The second-order valence-corrected chi connectivity index (χ2v) is 7.33. The number of rotatable bonds is 3. The number of nitrogens with zero attached hydrogens (tertiary/aromatic N) is 1. The molecule has 2 heterocycles. The maximum Gasteiger partial charge on any atom is 0.262 e. The van der Waals surface area contributed by atoms with Crippen LogP contribution in [0, 0.1) is 0 Å². The summed E-state index contributed by atoms with van der Waals surface area (Å²) < 4.78 is 39.3. The monoisotopic (exact) mass is 356 g/mol. The van der Waals surface area contributed by atoms with Crippen molar-refractivity contribution in [2.75, 3.05) is 17.9 Å². The molecule has 4 rings (SSSR count). The van der Waals surface area contributed by atoms with Crippen molar-refractivity contribution in [3.63, 3.8) is 0 Å². The Hall–Kier alpha value is -2.80. The van der Waals surface area contributed by atoms with Crippen LogP contribution in [-0.2, 0) is 10.0 Å². The maximum atomic E-state index is 12.8. The zero-order valence-corrected chi connectivity index (χ0v) is 14.1. The second-order valence-electron chi connectivity index (χ2n) is 5.65. The van der Waals surface area contributed by atoms with Gasteiger partial charge in [-0.15, -0.1) is 0 Å². The Labute approximate surface area is 145 Å². The lowest BCUT2D eigenvalue weighted by molar-refractivity contribution is 0.297. The summed E-state index contributed by atoms with van der Waals surface area (Å²) in [6.45, 7) is 1.05. The first-order valence-electron chi connectivity index (χ1n) is 7.90. The molecule has 0 radical (unpaired) electrons. The molecule has 0 unspecified atom stereocenters. The van der Waals surface area contributed by atoms with Crippen LogP contribution in [0.5, 0.6) is 11.5 Å². The van der Waals surface area contributed by atoms with E-state index in [4.69, 9.17) is 9.47 Å². The van der Waals surface area contributed by atoms with Gasteiger partial charge in [-0.3, -0.25) is 9.71 Å². The van der Waals surface area contributed by atoms with E-state index >= 15 is 0 Å². The van der Waals surface area contributed by atoms with Gasteiger partial charge in [0, 0.05) is 24.1 Å². The summed E-state index contributed by atoms with van der Waals surface area (Å²) in [7, 11) is -3.78. The molecule has 0 saturated heterocycles. The van der Waals surface area contributed by atoms with Crippen LogP contribution in [0.25, 0.3) is 10.9 Å². The fourth-order valence-electron chi connectivity index (χ4n) is 2.70. The quantitative estimate of drug-likeness (QED) is 0.780. The first kappa shape index (κ1) is 15.7. The van der Waals surface area contributed by atoms with Crippen molar-refractivity contribution in [3.05, 3.63) is 54.7 Å². The van der Waals surface area contributed by atoms with Crippen LogP contribution >= 0.6 is 0 Å². The molecule has 25 heavy (non-hydrogen) atoms. The highest BCUT2D eigenvalue weighted by molar-refractivity contribution is 7.92. The molecule has 0 atom stereocenters. The molecule has 0 fully saturated rings. The van der Waals surface area contributed by atoms with E-state index in [2.05, 4.69) is 9.71 Å². The van der Waals surface area contributed by atoms with Crippen LogP contribution in [0.1, 0.15) is 6.42 Å². The predicted molar refractivity (Wildman–Crippen MR) is 94.6 cm³/mol. The van der Waals surface area contributed by atoms with E-state index in [1.807, 2.05) is 18.2 Å². The molecule has 0 bridgehead atoms. The number of benzene rings is 2. The van der Waals surface area contributed by atoms with Crippen LogP contribution in [-0.4, -0.2) is 26.6 Å². The third-order valence-electron chi connectivity index (χ3n) is 3.91. The van der Waals surface area contributed by atoms with Gasteiger partial charge >= 0.3 is 0 Å². The van der Waals surface area contributed by atoms with Gasteiger partial charge in [0.15, 0.2) is 11.5 Å². The fraction of sp³-hybridized carbons (Fsp3) is 0.167. The zero-order chi connectivity index (χ0) is 17.3. The number of nitrogens with one attached hydrogen (secondary N) is 1. The highest BCUT2D eigenvalue weighted by Gasteiger charge is 2.20. The van der Waals surface area contributed by atoms with E-state index in [1.165, 1.54) is 12.1 Å². The molecule has 6 nitrogen and oxygen atoms in total. The minimum atomic E-state index is -3.78. The number of ether oxygens (including phenoxy) is 2. The molecule has 0 aliphatic carbocycles. The predicted octanol–water partition coefficient (Wildman–Crippen LogP) is 3.20. The highest BCUT2D eigenvalue weighted by atomic mass is 32.2. The average Bonchev–Trinajstić information content (AvgIpc) is 2.86. The summed E-state index contributed by atoms with van der Waals surface area (Å²) in [5.41, 5.74) is 1.04. The fourth-order valence-corrected chi connectivity index (χ4v) is 3.78. The number of hydrogen-bond acceptors (Lipinski definition) is 5. The number of aromatic nitrogens is 1. The number of sulfonamides is 1. The molecule has 0 spiro atoms. The van der Waals surface area contributed by atoms with Crippen molar-refractivity contribution in [2.45, 2.75) is 11.3 Å². The van der Waals surface area contributed by atoms with Gasteiger partial charge in [-0.25, -0.2) is 8.42 Å². The van der Waals surface area contributed by atoms with E-state index in [-0.39, 0.29) is 4.90 Å². The molecule has 7 heteroatoms. The van der Waals surface area contributed by atoms with Gasteiger partial charge in [-0.1, -0.05) is 18.2 Å². The van der Waals surface area contributed by atoms with Gasteiger partial charge in [-0.05, 0) is 24.3 Å². The molecule has 0 saturated carbocycles. The normalized spacial score (nSPS) is 14.1. The van der Waals surface area contributed by atoms with Crippen molar-refractivity contribution in [1.82, 2.24) is 4.98 Å². The Kier molecular flexibility index (Phi) is 3.93. The lowest BCUT2D eigenvalue weighted by atomic mass is 10.2. The summed E-state index contributed by atoms with van der Waals surface area (Å²) in [5, 5.41) is 0.862. The number of anilines is 1. The molecule has 2 aromatic carbocycles. The summed E-state index contributed by atoms with van der Waals surface area (Å²) in [4.78, 5) is 4.39. The number of fused-ring (bicyclic) bond motifs is 2. The third kappa shape index (κ3) is 3.10. The van der Waals surface area contributed by atoms with E-state index in [9.17, 15) is 8.42 Å². The van der Waals surface area contributed by atoms with Gasteiger partial charge in [0.05, 0.1) is 29.3 Å². The van der Waals surface area contributed by atoms with Gasteiger partial charge < -0.3 is 9.47 Å². The van der Waals surface area contributed by atoms with Crippen molar-refractivity contribution in [1.29, 1.82) is 0 Å². The number of para-hydroxylation sites is 1. The summed E-state index contributed by atoms with van der Waals surface area (Å²) in [6, 6.07) is 13.7. The van der Waals surface area contributed by atoms with Crippen LogP contribution in [0.3, 0.4) is 0 Å². The Morgan fingerprint density at radius 1 is 0.960 bits per heavy atom. The minimum absolute atomic E-state index is 0.115. The first-order valence-corrected chi connectivity index (χ1v) is 9.38. The van der Waals surface area contributed by atoms with E-state index in [0.29, 0.717) is 35.9 Å². The van der Waals surface area contributed by atoms with Gasteiger partial charge in [-0.2, -0.15) is 0 Å². The first-order chi connectivity index (χ1) is 12.1. The molecule has 3 aromatic rings. The zero-order valence-electron chi connectivity index (χ0n) is 13.3. The van der Waals surface area contributed by atoms with Crippen LogP contribution in [0.15, 0.2) is 59.6 Å². The standard InChI is InChI=1S/C18H16N2O4S/c21-25(22,14-7-8-16-17(12-14)24-11-3-10-23-16)20-15-6-1-4-13-5-2-9-19-18(13)15/h1-2,4-9,12,20H,3,10-11H2. The molecule has 0 amide bonds. The summed E-state index contributed by atoms with van der Waals surface area (Å²) >= 11 is 0. The van der Waals surface area contributed by atoms with Crippen molar-refractivity contribution in [3.8, 4) is 11.5 Å². The minimum Gasteiger partial charge on any atom is -0.490 e. The largest absolute Gasteiger partial charge is 0.490 e. The Balaban J connectivity index is 1.71. The smallest absolute Gasteiger partial charge is 0.262 e. The molecular formula is C18H16N2O4S. The molecule has 1 aliphatic heterocycles. The molecule has 128 valence electrons. The van der Waals surface area contributed by atoms with Crippen LogP contribution in [0.4, 0.5) is 5.69 Å². The van der Waals surface area contributed by atoms with Crippen molar-refractivity contribution >= 4 is 26.6 Å². The lowest BCUT2D eigenvalue weighted by Gasteiger charge is -2.12. The molecular weight excluding hydrogens is 340 g/mol. The second kappa shape index (κ2) is 6.25. The third-order valence-corrected chi connectivity index (χ3v) is 5.27. The van der Waals surface area contributed by atoms with Gasteiger partial charge in [0.25, 0.3) is 10.0 Å². The van der Waals surface area contributed by atoms with Gasteiger partial charge in [0.1, 0.15) is 0 Å². The van der Waals surface area contributed by atoms with Crippen LogP contribution < -0.4 is 14.2 Å². The topological polar surface area (TPSA) is 77.5 Å². The van der Waals surface area contributed by atoms with Crippen molar-refractivity contribution in [2.24, 2.45) is 0 Å². The van der Waals surface area contributed by atoms with Crippen molar-refractivity contribution < 1.29 is 17.9 Å². The average molecular weight is 356 g/mol. The Bertz CT molecular complexity index is 1030. The van der Waals surface area contributed by atoms with E-state index in [0.717, 1.165) is 11.8 Å². The lowest BCUT2D eigenvalue weighted by Crippen LogP contribution is -2.13. The van der Waals surface area contributed by atoms with Gasteiger partial charge in [0.2, 0.25) is 0 Å². The molecule has 1 N–H and O–H groups in total. The van der Waals surface area contributed by atoms with E-state index in [1.54, 1.807) is 24.4 Å².